The summed E-state index contributed by atoms with van der Waals surface area (Å²) in [4.78, 5) is 24.6. The zero-order chi connectivity index (χ0) is 14.0. The Balaban J connectivity index is 2.09. The van der Waals surface area contributed by atoms with Gasteiger partial charge in [-0.25, -0.2) is 4.79 Å². The number of carboxylic acids is 1. The van der Waals surface area contributed by atoms with E-state index in [1.54, 1.807) is 4.68 Å². The summed E-state index contributed by atoms with van der Waals surface area (Å²) >= 11 is 0. The Morgan fingerprint density at radius 3 is 2.84 bits per heavy atom. The Labute approximate surface area is 110 Å². The number of aryl methyl sites for hydroxylation is 2. The number of hydrogen-bond acceptors (Lipinski definition) is 4. The number of carboxylic acid groups (broad SMARTS) is 1. The Bertz CT molecular complexity index is 497. The lowest BCUT2D eigenvalue weighted by atomic mass is 10.2. The van der Waals surface area contributed by atoms with Gasteiger partial charge in [0.15, 0.2) is 6.04 Å². The first-order chi connectivity index (χ1) is 8.99. The van der Waals surface area contributed by atoms with Crippen molar-refractivity contribution in [1.29, 1.82) is 0 Å². The summed E-state index contributed by atoms with van der Waals surface area (Å²) in [6.07, 6.45) is 0. The van der Waals surface area contributed by atoms with Crippen LogP contribution in [-0.2, 0) is 20.9 Å². The molecule has 1 saturated heterocycles. The molecule has 1 amide bonds. The third-order valence-corrected chi connectivity index (χ3v) is 3.12. The fraction of sp³-hybridized carbons (Fsp3) is 0.583. The van der Waals surface area contributed by atoms with Crippen molar-refractivity contribution in [2.45, 2.75) is 26.4 Å². The molecule has 0 saturated carbocycles. The quantitative estimate of drug-likeness (QED) is 0.820. The molecule has 1 unspecified atom stereocenters. The molecule has 2 heterocycles. The van der Waals surface area contributed by atoms with Crippen molar-refractivity contribution in [3.8, 4) is 0 Å². The molecule has 1 atom stereocenters. The Hall–Kier alpha value is -1.89. The van der Waals surface area contributed by atoms with Crippen LogP contribution in [0.15, 0.2) is 6.07 Å². The minimum absolute atomic E-state index is 0.0399. The molecule has 0 radical (unpaired) electrons. The standard InChI is InChI=1S/C12H17N3O4/c1-8-5-9(2)15(13-8)6-11(16)14-3-4-19-7-10(14)12(17)18/h5,10H,3-4,6-7H2,1-2H3,(H,17,18). The molecular formula is C12H17N3O4. The van der Waals surface area contributed by atoms with Crippen LogP contribution in [0.25, 0.3) is 0 Å². The predicted molar refractivity (Wildman–Crippen MR) is 65.7 cm³/mol. The normalized spacial score (nSPS) is 19.5. The van der Waals surface area contributed by atoms with Crippen LogP contribution in [0, 0.1) is 13.8 Å². The van der Waals surface area contributed by atoms with Gasteiger partial charge in [0.05, 0.1) is 18.9 Å². The minimum Gasteiger partial charge on any atom is -0.480 e. The molecule has 0 spiro atoms. The maximum atomic E-state index is 12.2. The van der Waals surface area contributed by atoms with Crippen LogP contribution in [-0.4, -0.2) is 57.5 Å². The Morgan fingerprint density at radius 2 is 2.26 bits per heavy atom. The van der Waals surface area contributed by atoms with Gasteiger partial charge < -0.3 is 14.7 Å². The second-order valence-electron chi connectivity index (χ2n) is 4.60. The van der Waals surface area contributed by atoms with Gasteiger partial charge >= 0.3 is 5.97 Å². The van der Waals surface area contributed by atoms with Gasteiger partial charge in [-0.2, -0.15) is 5.10 Å². The molecule has 1 N–H and O–H groups in total. The fourth-order valence-corrected chi connectivity index (χ4v) is 2.16. The number of carbonyl (C=O) groups is 2. The lowest BCUT2D eigenvalue weighted by Gasteiger charge is -2.32. The lowest BCUT2D eigenvalue weighted by molar-refractivity contribution is -0.158. The summed E-state index contributed by atoms with van der Waals surface area (Å²) in [5, 5.41) is 13.3. The van der Waals surface area contributed by atoms with E-state index in [0.717, 1.165) is 11.4 Å². The third-order valence-electron chi connectivity index (χ3n) is 3.12. The zero-order valence-corrected chi connectivity index (χ0v) is 11.0. The second-order valence-corrected chi connectivity index (χ2v) is 4.60. The van der Waals surface area contributed by atoms with Crippen LogP contribution in [0.1, 0.15) is 11.4 Å². The number of morpholine rings is 1. The van der Waals surface area contributed by atoms with Gasteiger partial charge in [0.2, 0.25) is 5.91 Å². The first-order valence-corrected chi connectivity index (χ1v) is 6.10. The predicted octanol–water partition coefficient (Wildman–Crippen LogP) is -0.188. The highest BCUT2D eigenvalue weighted by atomic mass is 16.5. The van der Waals surface area contributed by atoms with Gasteiger partial charge in [0.25, 0.3) is 0 Å². The van der Waals surface area contributed by atoms with Crippen LogP contribution < -0.4 is 0 Å². The highest BCUT2D eigenvalue weighted by Crippen LogP contribution is 2.10. The summed E-state index contributed by atoms with van der Waals surface area (Å²) < 4.78 is 6.69. The number of amides is 1. The van der Waals surface area contributed by atoms with Gasteiger partial charge in [-0.1, -0.05) is 0 Å². The van der Waals surface area contributed by atoms with Crippen molar-refractivity contribution in [1.82, 2.24) is 14.7 Å². The maximum absolute atomic E-state index is 12.2. The molecule has 1 aromatic rings. The summed E-state index contributed by atoms with van der Waals surface area (Å²) in [5.41, 5.74) is 1.72. The number of carbonyl (C=O) groups excluding carboxylic acids is 1. The van der Waals surface area contributed by atoms with E-state index in [0.29, 0.717) is 13.2 Å². The minimum atomic E-state index is -1.04. The summed E-state index contributed by atoms with van der Waals surface area (Å²) in [6.45, 7) is 4.48. The Morgan fingerprint density at radius 1 is 1.53 bits per heavy atom. The second kappa shape index (κ2) is 5.40. The SMILES string of the molecule is Cc1cc(C)n(CC(=O)N2CCOCC2C(=O)O)n1. The molecule has 7 nitrogen and oxygen atoms in total. The van der Waals surface area contributed by atoms with E-state index in [1.165, 1.54) is 4.90 Å². The lowest BCUT2D eigenvalue weighted by Crippen LogP contribution is -2.53. The van der Waals surface area contributed by atoms with Crippen molar-refractivity contribution in [3.05, 3.63) is 17.5 Å². The van der Waals surface area contributed by atoms with E-state index in [4.69, 9.17) is 9.84 Å². The summed E-state index contributed by atoms with van der Waals surface area (Å²) in [5.74, 6) is -1.29. The molecular weight excluding hydrogens is 250 g/mol. The van der Waals surface area contributed by atoms with Crippen molar-refractivity contribution in [3.63, 3.8) is 0 Å². The monoisotopic (exact) mass is 267 g/mol. The van der Waals surface area contributed by atoms with Crippen molar-refractivity contribution in [2.75, 3.05) is 19.8 Å². The molecule has 1 fully saturated rings. The van der Waals surface area contributed by atoms with E-state index in [2.05, 4.69) is 5.10 Å². The van der Waals surface area contributed by atoms with Crippen molar-refractivity contribution in [2.24, 2.45) is 0 Å². The number of aliphatic carboxylic acids is 1. The van der Waals surface area contributed by atoms with E-state index < -0.39 is 12.0 Å². The molecule has 104 valence electrons. The number of hydrogen-bond donors (Lipinski definition) is 1. The largest absolute Gasteiger partial charge is 0.480 e. The molecule has 1 aliphatic heterocycles. The molecule has 19 heavy (non-hydrogen) atoms. The third kappa shape index (κ3) is 2.93. The van der Waals surface area contributed by atoms with Crippen molar-refractivity contribution < 1.29 is 19.4 Å². The number of aromatic nitrogens is 2. The molecule has 0 aliphatic carbocycles. The molecule has 7 heteroatoms. The smallest absolute Gasteiger partial charge is 0.328 e. The van der Waals surface area contributed by atoms with E-state index >= 15 is 0 Å². The average Bonchev–Trinajstić information content (AvgIpc) is 2.67. The van der Waals surface area contributed by atoms with E-state index in [9.17, 15) is 9.59 Å². The maximum Gasteiger partial charge on any atom is 0.328 e. The van der Waals surface area contributed by atoms with E-state index in [-0.39, 0.29) is 19.1 Å². The molecule has 2 rings (SSSR count). The van der Waals surface area contributed by atoms with Crippen LogP contribution >= 0.6 is 0 Å². The summed E-state index contributed by atoms with van der Waals surface area (Å²) in [6, 6.07) is 0.972. The molecule has 0 bridgehead atoms. The Kier molecular flexibility index (Phi) is 3.84. The van der Waals surface area contributed by atoms with Crippen LogP contribution in [0.2, 0.25) is 0 Å². The molecule has 0 aromatic carbocycles. The topological polar surface area (TPSA) is 84.7 Å². The number of ether oxygens (including phenoxy) is 1. The van der Waals surface area contributed by atoms with Crippen LogP contribution in [0.4, 0.5) is 0 Å². The average molecular weight is 267 g/mol. The first kappa shape index (κ1) is 13.5. The zero-order valence-electron chi connectivity index (χ0n) is 11.0. The van der Waals surface area contributed by atoms with Gasteiger partial charge in [-0.3, -0.25) is 9.48 Å². The van der Waals surface area contributed by atoms with Crippen molar-refractivity contribution >= 4 is 11.9 Å². The van der Waals surface area contributed by atoms with Gasteiger partial charge in [0.1, 0.15) is 6.54 Å². The number of nitrogens with zero attached hydrogens (tertiary/aromatic N) is 3. The molecule has 1 aliphatic rings. The highest BCUT2D eigenvalue weighted by molar-refractivity contribution is 5.83. The van der Waals surface area contributed by atoms with Gasteiger partial charge in [-0.15, -0.1) is 0 Å². The van der Waals surface area contributed by atoms with E-state index in [1.807, 2.05) is 19.9 Å². The van der Waals surface area contributed by atoms with Crippen LogP contribution in [0.3, 0.4) is 0 Å². The molecule has 1 aromatic heterocycles. The first-order valence-electron chi connectivity index (χ1n) is 6.10. The number of rotatable bonds is 3. The van der Waals surface area contributed by atoms with Gasteiger partial charge in [-0.05, 0) is 19.9 Å². The van der Waals surface area contributed by atoms with Gasteiger partial charge in [0, 0.05) is 12.2 Å². The highest BCUT2D eigenvalue weighted by Gasteiger charge is 2.32. The fourth-order valence-electron chi connectivity index (χ4n) is 2.16. The van der Waals surface area contributed by atoms with Crippen LogP contribution in [0.5, 0.6) is 0 Å². The summed E-state index contributed by atoms with van der Waals surface area (Å²) in [7, 11) is 0.